The molecule has 3 aromatic rings. The summed E-state index contributed by atoms with van der Waals surface area (Å²) in [4.78, 5) is 8.40. The Morgan fingerprint density at radius 3 is 2.27 bits per heavy atom. The minimum atomic E-state index is -4.47. The summed E-state index contributed by atoms with van der Waals surface area (Å²) in [6.07, 6.45) is -4.47. The molecule has 6 heteroatoms. The highest BCUT2D eigenvalue weighted by Crippen LogP contribution is 2.34. The van der Waals surface area contributed by atoms with Crippen LogP contribution in [0.2, 0.25) is 0 Å². The second kappa shape index (κ2) is 4.98. The number of aromatic hydroxyl groups is 1. The lowest BCUT2D eigenvalue weighted by atomic mass is 10.1. The van der Waals surface area contributed by atoms with Gasteiger partial charge in [-0.2, -0.15) is 13.2 Å². The zero-order chi connectivity index (χ0) is 15.9. The molecule has 112 valence electrons. The molecule has 0 saturated carbocycles. The molecule has 1 N–H and O–H groups in total. The first-order chi connectivity index (χ1) is 10.4. The number of hydrogen-bond acceptors (Lipinski definition) is 3. The van der Waals surface area contributed by atoms with Gasteiger partial charge in [0.2, 0.25) is 0 Å². The van der Waals surface area contributed by atoms with Crippen molar-refractivity contribution in [2.24, 2.45) is 0 Å². The first kappa shape index (κ1) is 14.3. The minimum absolute atomic E-state index is 0.106. The van der Waals surface area contributed by atoms with E-state index in [2.05, 4.69) is 9.97 Å². The summed E-state index contributed by atoms with van der Waals surface area (Å²) in [5, 5.41) is 9.31. The molecule has 2 aromatic carbocycles. The summed E-state index contributed by atoms with van der Waals surface area (Å²) in [7, 11) is 0. The summed E-state index contributed by atoms with van der Waals surface area (Å²) in [6.45, 7) is 1.61. The van der Waals surface area contributed by atoms with E-state index < -0.39 is 11.7 Å². The number of para-hydroxylation sites is 1. The summed E-state index contributed by atoms with van der Waals surface area (Å²) in [6, 6.07) is 10.1. The van der Waals surface area contributed by atoms with Gasteiger partial charge in [-0.15, -0.1) is 0 Å². The van der Waals surface area contributed by atoms with E-state index >= 15 is 0 Å². The summed E-state index contributed by atoms with van der Waals surface area (Å²) in [5.74, 6) is 0.106. The number of aromatic nitrogens is 2. The molecule has 1 heterocycles. The molecule has 0 unspecified atom stereocenters. The fourth-order valence-electron chi connectivity index (χ4n) is 2.28. The highest BCUT2D eigenvalue weighted by molar-refractivity contribution is 5.81. The van der Waals surface area contributed by atoms with Crippen LogP contribution in [0, 0.1) is 6.92 Å². The van der Waals surface area contributed by atoms with Gasteiger partial charge in [-0.25, -0.2) is 9.97 Å². The van der Waals surface area contributed by atoms with E-state index in [0.29, 0.717) is 17.0 Å². The Bertz CT molecular complexity index is 842. The lowest BCUT2D eigenvalue weighted by Gasteiger charge is -2.12. The molecule has 0 radical (unpaired) electrons. The second-order valence-electron chi connectivity index (χ2n) is 4.88. The van der Waals surface area contributed by atoms with E-state index in [1.54, 1.807) is 19.1 Å². The third-order valence-electron chi connectivity index (χ3n) is 3.32. The van der Waals surface area contributed by atoms with Crippen LogP contribution in [0.4, 0.5) is 13.2 Å². The van der Waals surface area contributed by atoms with E-state index in [0.717, 1.165) is 6.07 Å². The molecule has 3 rings (SSSR count). The number of rotatable bonds is 1. The van der Waals surface area contributed by atoms with Gasteiger partial charge in [0.1, 0.15) is 11.3 Å². The van der Waals surface area contributed by atoms with Crippen molar-refractivity contribution in [3.8, 4) is 17.0 Å². The Labute approximate surface area is 124 Å². The molecule has 0 aliphatic carbocycles. The van der Waals surface area contributed by atoms with Crippen molar-refractivity contribution < 1.29 is 18.3 Å². The van der Waals surface area contributed by atoms with E-state index in [4.69, 9.17) is 0 Å². The zero-order valence-corrected chi connectivity index (χ0v) is 11.5. The lowest BCUT2D eigenvalue weighted by Crippen LogP contribution is -2.08. The van der Waals surface area contributed by atoms with E-state index in [9.17, 15) is 18.3 Å². The smallest absolute Gasteiger partial charge is 0.418 e. The molecule has 22 heavy (non-hydrogen) atoms. The number of phenols is 1. The molecule has 0 bridgehead atoms. The van der Waals surface area contributed by atoms with Crippen LogP contribution < -0.4 is 0 Å². The summed E-state index contributed by atoms with van der Waals surface area (Å²) in [5.41, 5.74) is 0.806. The van der Waals surface area contributed by atoms with Gasteiger partial charge in [0.25, 0.3) is 0 Å². The SMILES string of the molecule is Cc1nc2c(C(F)(F)F)cccc2nc1-c1ccc(O)cc1. The molecular weight excluding hydrogens is 293 g/mol. The van der Waals surface area contributed by atoms with Crippen LogP contribution in [0.1, 0.15) is 11.3 Å². The van der Waals surface area contributed by atoms with Crippen molar-refractivity contribution in [3.63, 3.8) is 0 Å². The molecular formula is C16H11F3N2O. The molecule has 0 spiro atoms. The van der Waals surface area contributed by atoms with Gasteiger partial charge in [0.05, 0.1) is 22.5 Å². The van der Waals surface area contributed by atoms with Gasteiger partial charge in [0.15, 0.2) is 0 Å². The van der Waals surface area contributed by atoms with Crippen LogP contribution in [0.15, 0.2) is 42.5 Å². The number of aryl methyl sites for hydroxylation is 1. The molecule has 0 saturated heterocycles. The third kappa shape index (κ3) is 2.47. The van der Waals surface area contributed by atoms with Gasteiger partial charge in [-0.1, -0.05) is 6.07 Å². The normalized spacial score (nSPS) is 11.8. The van der Waals surface area contributed by atoms with Crippen LogP contribution >= 0.6 is 0 Å². The predicted molar refractivity (Wildman–Crippen MR) is 76.4 cm³/mol. The Balaban J connectivity index is 2.24. The highest BCUT2D eigenvalue weighted by atomic mass is 19.4. The maximum Gasteiger partial charge on any atom is 0.418 e. The van der Waals surface area contributed by atoms with Crippen molar-refractivity contribution >= 4 is 11.0 Å². The lowest BCUT2D eigenvalue weighted by molar-refractivity contribution is -0.136. The van der Waals surface area contributed by atoms with Gasteiger partial charge in [0, 0.05) is 5.56 Å². The van der Waals surface area contributed by atoms with Gasteiger partial charge in [-0.05, 0) is 43.3 Å². The Kier molecular flexibility index (Phi) is 3.24. The molecule has 0 aliphatic heterocycles. The van der Waals surface area contributed by atoms with Crippen molar-refractivity contribution in [2.45, 2.75) is 13.1 Å². The quantitative estimate of drug-likeness (QED) is 0.728. The molecule has 0 atom stereocenters. The maximum absolute atomic E-state index is 13.0. The Morgan fingerprint density at radius 1 is 0.955 bits per heavy atom. The van der Waals surface area contributed by atoms with Crippen molar-refractivity contribution in [2.75, 3.05) is 0 Å². The molecule has 0 aliphatic rings. The molecule has 0 fully saturated rings. The number of nitrogens with zero attached hydrogens (tertiary/aromatic N) is 2. The standard InChI is InChI=1S/C16H11F3N2O/c1-9-14(10-5-7-11(22)8-6-10)21-13-4-2-3-12(15(13)20-9)16(17,18)19/h2-8,22H,1H3. The van der Waals surface area contributed by atoms with Gasteiger partial charge >= 0.3 is 6.18 Å². The number of phenolic OH excluding ortho intramolecular Hbond substituents is 1. The van der Waals surface area contributed by atoms with E-state index in [1.807, 2.05) is 0 Å². The van der Waals surface area contributed by atoms with Crippen LogP contribution in [-0.4, -0.2) is 15.1 Å². The Morgan fingerprint density at radius 2 is 1.64 bits per heavy atom. The molecule has 0 amide bonds. The first-order valence-corrected chi connectivity index (χ1v) is 6.50. The summed E-state index contributed by atoms with van der Waals surface area (Å²) >= 11 is 0. The minimum Gasteiger partial charge on any atom is -0.508 e. The van der Waals surface area contributed by atoms with E-state index in [1.165, 1.54) is 24.3 Å². The Hall–Kier alpha value is -2.63. The van der Waals surface area contributed by atoms with Crippen LogP contribution in [0.5, 0.6) is 5.75 Å². The number of hydrogen-bond donors (Lipinski definition) is 1. The summed E-state index contributed by atoms with van der Waals surface area (Å²) < 4.78 is 39.1. The van der Waals surface area contributed by atoms with Crippen LogP contribution in [0.3, 0.4) is 0 Å². The van der Waals surface area contributed by atoms with Gasteiger partial charge < -0.3 is 5.11 Å². The zero-order valence-electron chi connectivity index (χ0n) is 11.5. The third-order valence-corrected chi connectivity index (χ3v) is 3.32. The average Bonchev–Trinajstić information content (AvgIpc) is 2.46. The predicted octanol–water partition coefficient (Wildman–Crippen LogP) is 4.33. The maximum atomic E-state index is 13.0. The molecule has 1 aromatic heterocycles. The fourth-order valence-corrected chi connectivity index (χ4v) is 2.28. The number of benzene rings is 2. The van der Waals surface area contributed by atoms with Crippen LogP contribution in [-0.2, 0) is 6.18 Å². The molecule has 3 nitrogen and oxygen atoms in total. The second-order valence-corrected chi connectivity index (χ2v) is 4.88. The number of alkyl halides is 3. The first-order valence-electron chi connectivity index (χ1n) is 6.50. The monoisotopic (exact) mass is 304 g/mol. The van der Waals surface area contributed by atoms with Crippen molar-refractivity contribution in [3.05, 3.63) is 53.7 Å². The average molecular weight is 304 g/mol. The van der Waals surface area contributed by atoms with E-state index in [-0.39, 0.29) is 16.8 Å². The van der Waals surface area contributed by atoms with Gasteiger partial charge in [-0.3, -0.25) is 0 Å². The van der Waals surface area contributed by atoms with Crippen molar-refractivity contribution in [1.82, 2.24) is 9.97 Å². The topological polar surface area (TPSA) is 46.0 Å². The number of halogens is 3. The fraction of sp³-hybridized carbons (Fsp3) is 0.125. The number of fused-ring (bicyclic) bond motifs is 1. The largest absolute Gasteiger partial charge is 0.508 e. The van der Waals surface area contributed by atoms with Crippen molar-refractivity contribution in [1.29, 1.82) is 0 Å². The van der Waals surface area contributed by atoms with Crippen LogP contribution in [0.25, 0.3) is 22.3 Å². The highest BCUT2D eigenvalue weighted by Gasteiger charge is 2.33.